The molecule has 0 spiro atoms. The zero-order chi connectivity index (χ0) is 10.6. The first-order valence-corrected chi connectivity index (χ1v) is 4.73. The largest absolute Gasteiger partial charge is 0.469 e. The number of carbonyl (C=O) groups is 2. The zero-order valence-corrected chi connectivity index (χ0v) is 8.36. The SMILES string of the molecule is COC(=O)CC(=O)N1CCC(N)CC1. The number of nitrogens with zero attached hydrogens (tertiary/aromatic N) is 1. The lowest BCUT2D eigenvalue weighted by Crippen LogP contribution is -2.43. The van der Waals surface area contributed by atoms with E-state index in [4.69, 9.17) is 5.73 Å². The van der Waals surface area contributed by atoms with Crippen molar-refractivity contribution in [1.29, 1.82) is 0 Å². The Morgan fingerprint density at radius 1 is 1.43 bits per heavy atom. The van der Waals surface area contributed by atoms with E-state index >= 15 is 0 Å². The first-order chi connectivity index (χ1) is 6.63. The molecule has 0 aromatic heterocycles. The highest BCUT2D eigenvalue weighted by Gasteiger charge is 2.22. The number of piperidine rings is 1. The van der Waals surface area contributed by atoms with Crippen LogP contribution >= 0.6 is 0 Å². The van der Waals surface area contributed by atoms with E-state index in [1.165, 1.54) is 7.11 Å². The van der Waals surface area contributed by atoms with Crippen molar-refractivity contribution in [3.05, 3.63) is 0 Å². The van der Waals surface area contributed by atoms with Crippen molar-refractivity contribution >= 4 is 11.9 Å². The number of likely N-dealkylation sites (tertiary alicyclic amines) is 1. The van der Waals surface area contributed by atoms with Gasteiger partial charge in [0.15, 0.2) is 0 Å². The molecule has 0 atom stereocenters. The second kappa shape index (κ2) is 4.95. The number of hydrogen-bond donors (Lipinski definition) is 1. The Labute approximate surface area is 83.2 Å². The molecule has 1 saturated heterocycles. The molecular formula is C9H16N2O3. The Morgan fingerprint density at radius 2 is 2.00 bits per heavy atom. The second-order valence-corrected chi connectivity index (χ2v) is 3.47. The summed E-state index contributed by atoms with van der Waals surface area (Å²) in [5, 5.41) is 0. The fraction of sp³-hybridized carbons (Fsp3) is 0.778. The number of methoxy groups -OCH3 is 1. The van der Waals surface area contributed by atoms with Crippen molar-refractivity contribution in [3.8, 4) is 0 Å². The van der Waals surface area contributed by atoms with E-state index in [1.54, 1.807) is 4.90 Å². The molecule has 0 aliphatic carbocycles. The van der Waals surface area contributed by atoms with Gasteiger partial charge in [-0.25, -0.2) is 0 Å². The van der Waals surface area contributed by atoms with Crippen LogP contribution in [0.15, 0.2) is 0 Å². The standard InChI is InChI=1S/C9H16N2O3/c1-14-9(13)6-8(12)11-4-2-7(10)3-5-11/h7H,2-6,10H2,1H3. The van der Waals surface area contributed by atoms with Gasteiger partial charge in [-0.15, -0.1) is 0 Å². The third kappa shape index (κ3) is 2.99. The summed E-state index contributed by atoms with van der Waals surface area (Å²) in [4.78, 5) is 24.0. The fourth-order valence-corrected chi connectivity index (χ4v) is 1.46. The van der Waals surface area contributed by atoms with E-state index in [0.29, 0.717) is 13.1 Å². The monoisotopic (exact) mass is 200 g/mol. The second-order valence-electron chi connectivity index (χ2n) is 3.47. The van der Waals surface area contributed by atoms with Crippen molar-refractivity contribution < 1.29 is 14.3 Å². The van der Waals surface area contributed by atoms with Gasteiger partial charge in [0, 0.05) is 19.1 Å². The summed E-state index contributed by atoms with van der Waals surface area (Å²) in [6, 6.07) is 0.192. The molecule has 0 radical (unpaired) electrons. The lowest BCUT2D eigenvalue weighted by molar-refractivity contribution is -0.147. The van der Waals surface area contributed by atoms with Crippen LogP contribution in [0, 0.1) is 0 Å². The van der Waals surface area contributed by atoms with Gasteiger partial charge >= 0.3 is 5.97 Å². The number of nitrogens with two attached hydrogens (primary N) is 1. The van der Waals surface area contributed by atoms with Crippen molar-refractivity contribution in [2.24, 2.45) is 5.73 Å². The number of rotatable bonds is 2. The molecule has 1 aliphatic rings. The van der Waals surface area contributed by atoms with Crippen molar-refractivity contribution in [1.82, 2.24) is 4.90 Å². The molecule has 0 unspecified atom stereocenters. The number of ether oxygens (including phenoxy) is 1. The van der Waals surface area contributed by atoms with Crippen LogP contribution in [0.4, 0.5) is 0 Å². The predicted molar refractivity (Wildman–Crippen MR) is 50.4 cm³/mol. The maximum absolute atomic E-state index is 11.5. The van der Waals surface area contributed by atoms with Gasteiger partial charge in [-0.1, -0.05) is 0 Å². The molecular weight excluding hydrogens is 184 g/mol. The summed E-state index contributed by atoms with van der Waals surface area (Å²) in [5.74, 6) is -0.645. The van der Waals surface area contributed by atoms with E-state index in [0.717, 1.165) is 12.8 Å². The smallest absolute Gasteiger partial charge is 0.315 e. The van der Waals surface area contributed by atoms with Crippen LogP contribution in [0.25, 0.3) is 0 Å². The lowest BCUT2D eigenvalue weighted by Gasteiger charge is -2.29. The molecule has 5 nitrogen and oxygen atoms in total. The molecule has 80 valence electrons. The minimum absolute atomic E-state index is 0.161. The van der Waals surface area contributed by atoms with Crippen molar-refractivity contribution in [2.45, 2.75) is 25.3 Å². The molecule has 0 aromatic rings. The summed E-state index contributed by atoms with van der Waals surface area (Å²) in [5.41, 5.74) is 5.69. The average Bonchev–Trinajstić information content (AvgIpc) is 2.18. The normalized spacial score (nSPS) is 18.0. The molecule has 14 heavy (non-hydrogen) atoms. The van der Waals surface area contributed by atoms with Gasteiger partial charge in [-0.2, -0.15) is 0 Å². The first kappa shape index (κ1) is 11.0. The van der Waals surface area contributed by atoms with Crippen LogP contribution in [-0.4, -0.2) is 43.0 Å². The number of amides is 1. The van der Waals surface area contributed by atoms with Gasteiger partial charge in [0.05, 0.1) is 7.11 Å². The van der Waals surface area contributed by atoms with Gasteiger partial charge < -0.3 is 15.4 Å². The summed E-state index contributed by atoms with van der Waals surface area (Å²) >= 11 is 0. The number of esters is 1. The molecule has 1 aliphatic heterocycles. The van der Waals surface area contributed by atoms with Gasteiger partial charge in [0.2, 0.25) is 5.91 Å². The fourth-order valence-electron chi connectivity index (χ4n) is 1.46. The highest BCUT2D eigenvalue weighted by molar-refractivity contribution is 5.94. The molecule has 0 aromatic carbocycles. The van der Waals surface area contributed by atoms with E-state index in [1.807, 2.05) is 0 Å². The Kier molecular flexibility index (Phi) is 3.88. The van der Waals surface area contributed by atoms with Crippen LogP contribution in [0.3, 0.4) is 0 Å². The van der Waals surface area contributed by atoms with E-state index in [-0.39, 0.29) is 18.4 Å². The van der Waals surface area contributed by atoms with Crippen LogP contribution < -0.4 is 5.73 Å². The van der Waals surface area contributed by atoms with Gasteiger partial charge in [0.1, 0.15) is 6.42 Å². The van der Waals surface area contributed by atoms with E-state index in [9.17, 15) is 9.59 Å². The Morgan fingerprint density at radius 3 is 2.50 bits per heavy atom. The molecule has 2 N–H and O–H groups in total. The Bertz CT molecular complexity index is 222. The highest BCUT2D eigenvalue weighted by atomic mass is 16.5. The summed E-state index contributed by atoms with van der Waals surface area (Å²) < 4.78 is 4.42. The topological polar surface area (TPSA) is 72.6 Å². The van der Waals surface area contributed by atoms with Gasteiger partial charge in [-0.05, 0) is 12.8 Å². The Hall–Kier alpha value is -1.10. The van der Waals surface area contributed by atoms with Gasteiger partial charge in [0.25, 0.3) is 0 Å². The minimum atomic E-state index is -0.482. The summed E-state index contributed by atoms with van der Waals surface area (Å²) in [6.07, 6.45) is 1.46. The summed E-state index contributed by atoms with van der Waals surface area (Å²) in [7, 11) is 1.28. The maximum atomic E-state index is 11.5. The molecule has 1 fully saturated rings. The molecule has 1 amide bonds. The van der Waals surface area contributed by atoms with E-state index in [2.05, 4.69) is 4.74 Å². The van der Waals surface area contributed by atoms with Crippen LogP contribution in [-0.2, 0) is 14.3 Å². The molecule has 5 heteroatoms. The van der Waals surface area contributed by atoms with Crippen LogP contribution in [0.1, 0.15) is 19.3 Å². The number of carbonyl (C=O) groups excluding carboxylic acids is 2. The van der Waals surface area contributed by atoms with Crippen molar-refractivity contribution in [3.63, 3.8) is 0 Å². The number of hydrogen-bond acceptors (Lipinski definition) is 4. The third-order valence-electron chi connectivity index (χ3n) is 2.42. The minimum Gasteiger partial charge on any atom is -0.469 e. The molecule has 1 rings (SSSR count). The van der Waals surface area contributed by atoms with Gasteiger partial charge in [-0.3, -0.25) is 9.59 Å². The highest BCUT2D eigenvalue weighted by Crippen LogP contribution is 2.09. The molecule has 0 saturated carbocycles. The average molecular weight is 200 g/mol. The van der Waals surface area contributed by atoms with Crippen molar-refractivity contribution in [2.75, 3.05) is 20.2 Å². The third-order valence-corrected chi connectivity index (χ3v) is 2.42. The Balaban J connectivity index is 2.34. The molecule has 0 bridgehead atoms. The lowest BCUT2D eigenvalue weighted by atomic mass is 10.1. The van der Waals surface area contributed by atoms with Crippen LogP contribution in [0.5, 0.6) is 0 Å². The zero-order valence-electron chi connectivity index (χ0n) is 8.36. The first-order valence-electron chi connectivity index (χ1n) is 4.73. The van der Waals surface area contributed by atoms with E-state index < -0.39 is 5.97 Å². The maximum Gasteiger partial charge on any atom is 0.315 e. The molecule has 1 heterocycles. The summed E-state index contributed by atoms with van der Waals surface area (Å²) in [6.45, 7) is 1.30. The van der Waals surface area contributed by atoms with Crippen LogP contribution in [0.2, 0.25) is 0 Å². The predicted octanol–water partition coefficient (Wildman–Crippen LogP) is -0.501. The quantitative estimate of drug-likeness (QED) is 0.481.